The Morgan fingerprint density at radius 3 is 2.89 bits per heavy atom. The van der Waals surface area contributed by atoms with E-state index in [1.54, 1.807) is 31.4 Å². The van der Waals surface area contributed by atoms with Crippen molar-refractivity contribution in [3.63, 3.8) is 0 Å². The molecule has 0 spiro atoms. The predicted octanol–water partition coefficient (Wildman–Crippen LogP) is 0.967. The minimum absolute atomic E-state index is 0.0766. The van der Waals surface area contributed by atoms with Crippen LogP contribution in [0.2, 0.25) is 0 Å². The van der Waals surface area contributed by atoms with Gasteiger partial charge in [-0.2, -0.15) is 5.26 Å². The fraction of sp³-hybridized carbons (Fsp3) is 0.308. The van der Waals surface area contributed by atoms with Crippen molar-refractivity contribution in [3.8, 4) is 11.8 Å². The summed E-state index contributed by atoms with van der Waals surface area (Å²) in [5.41, 5.74) is 1.38. The molecule has 0 aromatic heterocycles. The second-order valence-electron chi connectivity index (χ2n) is 4.28. The smallest absolute Gasteiger partial charge is 0.173 e. The molecule has 1 aromatic carbocycles. The number of hydrogen-bond donors (Lipinski definition) is 1. The van der Waals surface area contributed by atoms with Crippen molar-refractivity contribution in [2.45, 2.75) is 12.6 Å². The first kappa shape index (κ1) is 13.6. The average molecular weight is 278 g/mol. The van der Waals surface area contributed by atoms with Crippen LogP contribution in [0.5, 0.6) is 5.75 Å². The van der Waals surface area contributed by atoms with Crippen molar-refractivity contribution in [2.24, 2.45) is 0 Å². The van der Waals surface area contributed by atoms with E-state index >= 15 is 0 Å². The van der Waals surface area contributed by atoms with E-state index in [0.717, 1.165) is 5.56 Å². The van der Waals surface area contributed by atoms with Crippen molar-refractivity contribution >= 4 is 9.84 Å². The quantitative estimate of drug-likeness (QED) is 0.887. The van der Waals surface area contributed by atoms with Gasteiger partial charge in [0.1, 0.15) is 5.75 Å². The van der Waals surface area contributed by atoms with E-state index < -0.39 is 9.84 Å². The summed E-state index contributed by atoms with van der Waals surface area (Å²) in [6, 6.07) is 7.02. The third-order valence-electron chi connectivity index (χ3n) is 2.89. The van der Waals surface area contributed by atoms with Crippen LogP contribution in [0, 0.1) is 11.3 Å². The van der Waals surface area contributed by atoms with Crippen LogP contribution in [0.1, 0.15) is 11.1 Å². The van der Waals surface area contributed by atoms with E-state index in [-0.39, 0.29) is 11.8 Å². The molecule has 2 rings (SSSR count). The summed E-state index contributed by atoms with van der Waals surface area (Å²) in [6.07, 6.45) is 1.63. The highest BCUT2D eigenvalue weighted by atomic mass is 32.2. The van der Waals surface area contributed by atoms with Gasteiger partial charge < -0.3 is 10.1 Å². The molecule has 1 atom stereocenters. The highest BCUT2D eigenvalue weighted by molar-refractivity contribution is 7.94. The lowest BCUT2D eigenvalue weighted by Crippen LogP contribution is -2.29. The van der Waals surface area contributed by atoms with Crippen LogP contribution in [0.4, 0.5) is 0 Å². The minimum Gasteiger partial charge on any atom is -0.496 e. The normalized spacial score (nSPS) is 20.1. The topological polar surface area (TPSA) is 79.2 Å². The SMILES string of the molecule is COc1ccc(C#N)cc1CNC1C=CS(=O)(=O)C1. The van der Waals surface area contributed by atoms with Gasteiger partial charge in [0.25, 0.3) is 0 Å². The summed E-state index contributed by atoms with van der Waals surface area (Å²) in [4.78, 5) is 0. The number of ether oxygens (including phenoxy) is 1. The van der Waals surface area contributed by atoms with Gasteiger partial charge in [-0.05, 0) is 18.2 Å². The summed E-state index contributed by atoms with van der Waals surface area (Å²) < 4.78 is 27.8. The maximum Gasteiger partial charge on any atom is 0.173 e. The molecule has 0 saturated carbocycles. The molecule has 0 fully saturated rings. The first-order valence-corrected chi connectivity index (χ1v) is 7.47. The number of hydrogen-bond acceptors (Lipinski definition) is 5. The number of nitrogens with one attached hydrogen (secondary N) is 1. The molecule has 19 heavy (non-hydrogen) atoms. The van der Waals surface area contributed by atoms with Crippen LogP contribution in [-0.2, 0) is 16.4 Å². The Hall–Kier alpha value is -1.84. The van der Waals surface area contributed by atoms with Gasteiger partial charge in [-0.25, -0.2) is 8.42 Å². The highest BCUT2D eigenvalue weighted by Crippen LogP contribution is 2.20. The maximum atomic E-state index is 11.3. The van der Waals surface area contributed by atoms with Gasteiger partial charge in [-0.15, -0.1) is 0 Å². The summed E-state index contributed by atoms with van der Waals surface area (Å²) >= 11 is 0. The zero-order valence-corrected chi connectivity index (χ0v) is 11.3. The Kier molecular flexibility index (Phi) is 3.88. The van der Waals surface area contributed by atoms with Gasteiger partial charge in [-0.3, -0.25) is 0 Å². The molecular weight excluding hydrogens is 264 g/mol. The van der Waals surface area contributed by atoms with Gasteiger partial charge in [0.2, 0.25) is 0 Å². The monoisotopic (exact) mass is 278 g/mol. The molecule has 1 heterocycles. The van der Waals surface area contributed by atoms with Gasteiger partial charge >= 0.3 is 0 Å². The van der Waals surface area contributed by atoms with Crippen molar-refractivity contribution in [1.29, 1.82) is 5.26 Å². The molecule has 1 aromatic rings. The van der Waals surface area contributed by atoms with Crippen LogP contribution in [-0.4, -0.2) is 27.3 Å². The Morgan fingerprint density at radius 2 is 2.32 bits per heavy atom. The number of rotatable bonds is 4. The zero-order valence-electron chi connectivity index (χ0n) is 10.5. The number of methoxy groups -OCH3 is 1. The number of nitrogens with zero attached hydrogens (tertiary/aromatic N) is 1. The van der Waals surface area contributed by atoms with E-state index in [9.17, 15) is 8.42 Å². The third-order valence-corrected chi connectivity index (χ3v) is 4.29. The molecule has 1 unspecified atom stereocenters. The molecule has 0 aliphatic carbocycles. The van der Waals surface area contributed by atoms with E-state index in [0.29, 0.717) is 17.9 Å². The zero-order chi connectivity index (χ0) is 13.9. The molecule has 0 amide bonds. The summed E-state index contributed by atoms with van der Waals surface area (Å²) in [7, 11) is -1.49. The summed E-state index contributed by atoms with van der Waals surface area (Å²) in [6.45, 7) is 0.448. The van der Waals surface area contributed by atoms with Crippen LogP contribution < -0.4 is 10.1 Å². The predicted molar refractivity (Wildman–Crippen MR) is 71.3 cm³/mol. The number of benzene rings is 1. The fourth-order valence-corrected chi connectivity index (χ4v) is 3.20. The highest BCUT2D eigenvalue weighted by Gasteiger charge is 2.21. The largest absolute Gasteiger partial charge is 0.496 e. The Morgan fingerprint density at radius 1 is 1.53 bits per heavy atom. The van der Waals surface area contributed by atoms with Gasteiger partial charge in [0.05, 0.1) is 24.5 Å². The van der Waals surface area contributed by atoms with Crippen molar-refractivity contribution in [1.82, 2.24) is 5.32 Å². The lowest BCUT2D eigenvalue weighted by atomic mass is 10.1. The third kappa shape index (κ3) is 3.34. The molecule has 6 heteroatoms. The molecule has 5 nitrogen and oxygen atoms in total. The molecule has 100 valence electrons. The lowest BCUT2D eigenvalue weighted by molar-refractivity contribution is 0.407. The average Bonchev–Trinajstić information content (AvgIpc) is 2.75. The number of nitriles is 1. The molecular formula is C13H14N2O3S. The Bertz CT molecular complexity index is 644. The van der Waals surface area contributed by atoms with Crippen molar-refractivity contribution < 1.29 is 13.2 Å². The van der Waals surface area contributed by atoms with E-state index in [1.165, 1.54) is 5.41 Å². The second kappa shape index (κ2) is 5.43. The molecule has 0 bridgehead atoms. The number of sulfone groups is 1. The minimum atomic E-state index is -3.06. The fourth-order valence-electron chi connectivity index (χ4n) is 1.93. The van der Waals surface area contributed by atoms with Gasteiger partial charge in [-0.1, -0.05) is 6.08 Å². The van der Waals surface area contributed by atoms with Crippen molar-refractivity contribution in [2.75, 3.05) is 12.9 Å². The first-order chi connectivity index (χ1) is 9.04. The van der Waals surface area contributed by atoms with E-state index in [4.69, 9.17) is 10.00 Å². The van der Waals surface area contributed by atoms with Crippen LogP contribution in [0.3, 0.4) is 0 Å². The van der Waals surface area contributed by atoms with Crippen LogP contribution >= 0.6 is 0 Å². The van der Waals surface area contributed by atoms with Crippen LogP contribution in [0.25, 0.3) is 0 Å². The maximum absolute atomic E-state index is 11.3. The molecule has 1 aliphatic heterocycles. The van der Waals surface area contributed by atoms with Gasteiger partial charge in [0.15, 0.2) is 9.84 Å². The summed E-state index contributed by atoms with van der Waals surface area (Å²) in [5, 5.41) is 13.2. The van der Waals surface area contributed by atoms with E-state index in [1.807, 2.05) is 0 Å². The van der Waals surface area contributed by atoms with E-state index in [2.05, 4.69) is 11.4 Å². The second-order valence-corrected chi connectivity index (χ2v) is 6.22. The summed E-state index contributed by atoms with van der Waals surface area (Å²) in [5.74, 6) is 0.754. The molecule has 0 saturated heterocycles. The van der Waals surface area contributed by atoms with Crippen molar-refractivity contribution in [3.05, 3.63) is 40.8 Å². The Balaban J connectivity index is 2.07. The van der Waals surface area contributed by atoms with Gasteiger partial charge in [0, 0.05) is 23.6 Å². The molecule has 1 N–H and O–H groups in total. The first-order valence-electron chi connectivity index (χ1n) is 5.75. The lowest BCUT2D eigenvalue weighted by Gasteiger charge is -2.13. The Labute approximate surface area is 112 Å². The standard InChI is InChI=1S/C13H14N2O3S/c1-18-13-3-2-10(7-14)6-11(13)8-15-12-4-5-19(16,17)9-12/h2-6,12,15H,8-9H2,1H3. The van der Waals surface area contributed by atoms with Crippen LogP contribution in [0.15, 0.2) is 29.7 Å². The molecule has 0 radical (unpaired) electrons. The molecule has 1 aliphatic rings.